The van der Waals surface area contributed by atoms with Gasteiger partial charge in [0, 0.05) is 22.6 Å². The maximum Gasteiger partial charge on any atom is 0.142 e. The summed E-state index contributed by atoms with van der Waals surface area (Å²) in [4.78, 5) is 4.37. The number of halogens is 1. The number of anilines is 1. The summed E-state index contributed by atoms with van der Waals surface area (Å²) < 4.78 is 15.4. The largest absolute Gasteiger partial charge is 0.383 e. The average Bonchev–Trinajstić information content (AvgIpc) is 3.16. The Kier molecular flexibility index (Phi) is 4.72. The highest BCUT2D eigenvalue weighted by Crippen LogP contribution is 2.44. The first-order valence-corrected chi connectivity index (χ1v) is 9.77. The summed E-state index contributed by atoms with van der Waals surface area (Å²) in [6.45, 7) is 7.70. The van der Waals surface area contributed by atoms with Gasteiger partial charge in [-0.25, -0.2) is 9.37 Å². The number of fused-ring (bicyclic) bond motifs is 1. The van der Waals surface area contributed by atoms with Crippen LogP contribution in [0.3, 0.4) is 0 Å². The first-order valence-electron chi connectivity index (χ1n) is 9.77. The van der Waals surface area contributed by atoms with E-state index in [1.165, 1.54) is 12.1 Å². The lowest BCUT2D eigenvalue weighted by atomic mass is 9.95. The van der Waals surface area contributed by atoms with Gasteiger partial charge in [-0.2, -0.15) is 10.5 Å². The number of hydrogen-bond donors (Lipinski definition) is 1. The predicted octanol–water partition coefficient (Wildman–Crippen LogP) is 5.24. The molecule has 2 N–H and O–H groups in total. The lowest BCUT2D eigenvalue weighted by Crippen LogP contribution is -2.03. The summed E-state index contributed by atoms with van der Waals surface area (Å²) in [6.07, 6.45) is 2.02. The molecule has 3 aromatic rings. The first kappa shape index (κ1) is 20.1. The SMILES string of the molecule is CC1=C(C#N)c2nc(N)c(C#N)c(C)c2/C1=C\c1cc(C)n(-c2ccc(F)cc2)c1C. The van der Waals surface area contributed by atoms with Crippen LogP contribution in [0.5, 0.6) is 0 Å². The Bertz CT molecular complexity index is 1390. The second-order valence-electron chi connectivity index (χ2n) is 7.64. The molecule has 2 heterocycles. The van der Waals surface area contributed by atoms with Gasteiger partial charge in [-0.1, -0.05) is 0 Å². The quantitative estimate of drug-likeness (QED) is 0.626. The monoisotopic (exact) mass is 409 g/mol. The zero-order chi connectivity index (χ0) is 22.4. The zero-order valence-electron chi connectivity index (χ0n) is 17.7. The number of nitriles is 2. The molecule has 6 heteroatoms. The summed E-state index contributed by atoms with van der Waals surface area (Å²) in [6, 6.07) is 12.8. The smallest absolute Gasteiger partial charge is 0.142 e. The van der Waals surface area contributed by atoms with E-state index in [0.29, 0.717) is 22.4 Å². The van der Waals surface area contributed by atoms with Crippen molar-refractivity contribution < 1.29 is 4.39 Å². The molecule has 152 valence electrons. The van der Waals surface area contributed by atoms with Gasteiger partial charge in [0.15, 0.2) is 0 Å². The molecular formula is C25H20FN5. The number of rotatable bonds is 2. The van der Waals surface area contributed by atoms with Crippen LogP contribution >= 0.6 is 0 Å². The molecule has 5 nitrogen and oxygen atoms in total. The molecule has 0 fully saturated rings. The summed E-state index contributed by atoms with van der Waals surface area (Å²) >= 11 is 0. The van der Waals surface area contributed by atoms with Crippen molar-refractivity contribution in [2.24, 2.45) is 0 Å². The molecular weight excluding hydrogens is 389 g/mol. The number of aromatic nitrogens is 2. The molecule has 0 saturated carbocycles. The number of allylic oxidation sites excluding steroid dienone is 3. The third kappa shape index (κ3) is 3.01. The number of nitrogens with zero attached hydrogens (tertiary/aromatic N) is 4. The second kappa shape index (κ2) is 7.27. The highest BCUT2D eigenvalue weighted by Gasteiger charge is 2.30. The van der Waals surface area contributed by atoms with Gasteiger partial charge in [0.25, 0.3) is 0 Å². The summed E-state index contributed by atoms with van der Waals surface area (Å²) in [7, 11) is 0. The lowest BCUT2D eigenvalue weighted by molar-refractivity contribution is 0.627. The third-order valence-electron chi connectivity index (χ3n) is 5.84. The van der Waals surface area contributed by atoms with E-state index in [2.05, 4.69) is 21.7 Å². The Balaban J connectivity index is 1.95. The molecule has 0 bridgehead atoms. The number of aryl methyl sites for hydroxylation is 1. The molecule has 1 aliphatic carbocycles. The van der Waals surface area contributed by atoms with Crippen molar-refractivity contribution in [1.29, 1.82) is 10.5 Å². The Morgan fingerprint density at radius 1 is 1.06 bits per heavy atom. The van der Waals surface area contributed by atoms with E-state index in [4.69, 9.17) is 5.73 Å². The Morgan fingerprint density at radius 2 is 1.74 bits per heavy atom. The van der Waals surface area contributed by atoms with E-state index in [9.17, 15) is 14.9 Å². The van der Waals surface area contributed by atoms with Crippen LogP contribution in [-0.2, 0) is 0 Å². The molecule has 0 amide bonds. The van der Waals surface area contributed by atoms with Crippen molar-refractivity contribution in [2.75, 3.05) is 5.73 Å². The van der Waals surface area contributed by atoms with Gasteiger partial charge in [-0.05, 0) is 86.4 Å². The molecule has 0 unspecified atom stereocenters. The van der Waals surface area contributed by atoms with Crippen molar-refractivity contribution in [1.82, 2.24) is 9.55 Å². The Hall–Kier alpha value is -4.16. The van der Waals surface area contributed by atoms with Crippen LogP contribution in [-0.4, -0.2) is 9.55 Å². The molecule has 0 atom stereocenters. The van der Waals surface area contributed by atoms with Gasteiger partial charge in [0.05, 0.1) is 16.8 Å². The summed E-state index contributed by atoms with van der Waals surface area (Å²) in [5.41, 5.74) is 14.3. The van der Waals surface area contributed by atoms with E-state index < -0.39 is 0 Å². The minimum absolute atomic E-state index is 0.134. The van der Waals surface area contributed by atoms with Gasteiger partial charge in [-0.3, -0.25) is 0 Å². The Labute approximate surface area is 180 Å². The fourth-order valence-corrected chi connectivity index (χ4v) is 4.27. The molecule has 0 radical (unpaired) electrons. The lowest BCUT2D eigenvalue weighted by Gasteiger charge is -2.11. The summed E-state index contributed by atoms with van der Waals surface area (Å²) in [5.74, 6) is -0.147. The van der Waals surface area contributed by atoms with Gasteiger partial charge >= 0.3 is 0 Å². The van der Waals surface area contributed by atoms with Crippen LogP contribution in [0.15, 0.2) is 35.9 Å². The van der Waals surface area contributed by atoms with E-state index in [0.717, 1.165) is 39.3 Å². The maximum absolute atomic E-state index is 13.4. The maximum atomic E-state index is 13.4. The van der Waals surface area contributed by atoms with E-state index >= 15 is 0 Å². The summed E-state index contributed by atoms with van der Waals surface area (Å²) in [5, 5.41) is 19.3. The molecule has 1 aromatic carbocycles. The molecule has 4 rings (SSSR count). The Morgan fingerprint density at radius 3 is 2.35 bits per heavy atom. The number of nitrogens with two attached hydrogens (primary N) is 1. The van der Waals surface area contributed by atoms with Crippen molar-refractivity contribution in [2.45, 2.75) is 27.7 Å². The van der Waals surface area contributed by atoms with Crippen LogP contribution in [0.25, 0.3) is 22.9 Å². The fraction of sp³-hybridized carbons (Fsp3) is 0.160. The van der Waals surface area contributed by atoms with Crippen molar-refractivity contribution in [3.63, 3.8) is 0 Å². The number of nitrogen functional groups attached to an aromatic ring is 1. The van der Waals surface area contributed by atoms with Crippen LogP contribution in [0.4, 0.5) is 10.2 Å². The van der Waals surface area contributed by atoms with E-state index in [1.807, 2.05) is 39.8 Å². The minimum atomic E-state index is -0.281. The van der Waals surface area contributed by atoms with Crippen molar-refractivity contribution >= 4 is 23.0 Å². The predicted molar refractivity (Wildman–Crippen MR) is 119 cm³/mol. The zero-order valence-corrected chi connectivity index (χ0v) is 17.7. The van der Waals surface area contributed by atoms with E-state index in [1.54, 1.807) is 12.1 Å². The molecule has 0 aliphatic heterocycles. The standard InChI is InChI=1S/C25H20FN5/c1-13-9-17(16(4)31(13)19-7-5-18(26)6-8-19)10-20-14(2)21(11-27)24-23(20)15(3)22(12-28)25(29)30-24/h5-10H,1-4H3,(H2,29,30)/b20-10-. The van der Waals surface area contributed by atoms with Gasteiger partial charge in [0.1, 0.15) is 23.8 Å². The first-order chi connectivity index (χ1) is 14.8. The highest BCUT2D eigenvalue weighted by molar-refractivity contribution is 6.08. The molecule has 31 heavy (non-hydrogen) atoms. The molecule has 0 saturated heterocycles. The van der Waals surface area contributed by atoms with Crippen LogP contribution < -0.4 is 5.73 Å². The number of hydrogen-bond acceptors (Lipinski definition) is 4. The average molecular weight is 409 g/mol. The van der Waals surface area contributed by atoms with Gasteiger partial charge in [-0.15, -0.1) is 0 Å². The highest BCUT2D eigenvalue weighted by atomic mass is 19.1. The number of benzene rings is 1. The molecule has 0 spiro atoms. The van der Waals surface area contributed by atoms with Crippen LogP contribution in [0.1, 0.15) is 46.3 Å². The molecule has 1 aliphatic rings. The van der Waals surface area contributed by atoms with Crippen molar-refractivity contribution in [3.8, 4) is 17.8 Å². The normalized spacial score (nSPS) is 14.0. The van der Waals surface area contributed by atoms with Crippen LogP contribution in [0, 0.1) is 49.3 Å². The minimum Gasteiger partial charge on any atom is -0.383 e. The van der Waals surface area contributed by atoms with E-state index in [-0.39, 0.29) is 11.6 Å². The van der Waals surface area contributed by atoms with Crippen molar-refractivity contribution in [3.05, 3.63) is 81.1 Å². The topological polar surface area (TPSA) is 91.4 Å². The van der Waals surface area contributed by atoms with Gasteiger partial charge < -0.3 is 10.3 Å². The van der Waals surface area contributed by atoms with Gasteiger partial charge in [0.2, 0.25) is 0 Å². The second-order valence-corrected chi connectivity index (χ2v) is 7.64. The third-order valence-corrected chi connectivity index (χ3v) is 5.84. The van der Waals surface area contributed by atoms with Crippen LogP contribution in [0.2, 0.25) is 0 Å². The molecule has 2 aromatic heterocycles. The fourth-order valence-electron chi connectivity index (χ4n) is 4.27. The number of pyridine rings is 1.